The average Bonchev–Trinajstić information content (AvgIpc) is 3.16. The highest BCUT2D eigenvalue weighted by molar-refractivity contribution is 5.91. The molecule has 1 N–H and O–H groups in total. The molecule has 1 unspecified atom stereocenters. The van der Waals surface area contributed by atoms with Gasteiger partial charge in [0, 0.05) is 52.2 Å². The lowest BCUT2D eigenvalue weighted by atomic mass is 10.2. The van der Waals surface area contributed by atoms with Crippen molar-refractivity contribution in [2.75, 3.05) is 43.5 Å². The van der Waals surface area contributed by atoms with Gasteiger partial charge < -0.3 is 15.1 Å². The first kappa shape index (κ1) is 19.3. The molecule has 152 valence electrons. The number of carbonyl (C=O) groups excluding carboxylic acids is 1. The zero-order chi connectivity index (χ0) is 20.4. The van der Waals surface area contributed by atoms with Gasteiger partial charge in [-0.05, 0) is 41.9 Å². The maximum absolute atomic E-state index is 14.2. The van der Waals surface area contributed by atoms with Gasteiger partial charge in [-0.2, -0.15) is 4.98 Å². The summed E-state index contributed by atoms with van der Waals surface area (Å²) in [4.78, 5) is 28.1. The van der Waals surface area contributed by atoms with Crippen LogP contribution in [0.5, 0.6) is 0 Å². The highest BCUT2D eigenvalue weighted by atomic mass is 19.1. The first-order valence-electron chi connectivity index (χ1n) is 9.83. The van der Waals surface area contributed by atoms with Crippen LogP contribution in [0.2, 0.25) is 0 Å². The summed E-state index contributed by atoms with van der Waals surface area (Å²) in [5.41, 5.74) is 0.897. The number of nitrogens with one attached hydrogen (secondary N) is 1. The summed E-state index contributed by atoms with van der Waals surface area (Å²) in [6, 6.07) is 3.73. The Morgan fingerprint density at radius 2 is 2.14 bits per heavy atom. The second-order valence-corrected chi connectivity index (χ2v) is 7.83. The molecule has 0 bridgehead atoms. The van der Waals surface area contributed by atoms with Gasteiger partial charge in [0.25, 0.3) is 0 Å². The molecular formula is C21H25FN6O. The van der Waals surface area contributed by atoms with Crippen LogP contribution in [0.4, 0.5) is 16.2 Å². The summed E-state index contributed by atoms with van der Waals surface area (Å²) in [6.07, 6.45) is 8.89. The fourth-order valence-corrected chi connectivity index (χ4v) is 4.10. The smallest absolute Gasteiger partial charge is 0.244 e. The highest BCUT2D eigenvalue weighted by Crippen LogP contribution is 2.54. The van der Waals surface area contributed by atoms with Crippen LogP contribution in [0.15, 0.2) is 36.8 Å². The Hall–Kier alpha value is -3.03. The SMILES string of the molecule is CN(C)c1ncc(F)c(N2C[C@@H]3C(CCNC(=O)/C=C/c4cccnc4)[C@@H]3C2)n1. The summed E-state index contributed by atoms with van der Waals surface area (Å²) in [5, 5.41) is 2.94. The number of pyridine rings is 1. The van der Waals surface area contributed by atoms with Crippen molar-refractivity contribution in [3.8, 4) is 0 Å². The van der Waals surface area contributed by atoms with Gasteiger partial charge in [-0.3, -0.25) is 9.78 Å². The molecule has 0 radical (unpaired) electrons. The number of anilines is 2. The number of aromatic nitrogens is 3. The quantitative estimate of drug-likeness (QED) is 0.722. The van der Waals surface area contributed by atoms with Crippen LogP contribution >= 0.6 is 0 Å². The fraction of sp³-hybridized carbons (Fsp3) is 0.429. The van der Waals surface area contributed by atoms with Gasteiger partial charge in [0.1, 0.15) is 0 Å². The van der Waals surface area contributed by atoms with E-state index in [0.29, 0.717) is 36.1 Å². The Morgan fingerprint density at radius 1 is 1.34 bits per heavy atom. The predicted octanol–water partition coefficient (Wildman–Crippen LogP) is 1.98. The second kappa shape index (κ2) is 8.14. The van der Waals surface area contributed by atoms with Gasteiger partial charge in [0.05, 0.1) is 6.20 Å². The first-order chi connectivity index (χ1) is 14.0. The van der Waals surface area contributed by atoms with Gasteiger partial charge >= 0.3 is 0 Å². The van der Waals surface area contributed by atoms with Crippen molar-refractivity contribution in [1.82, 2.24) is 20.3 Å². The monoisotopic (exact) mass is 396 g/mol. The van der Waals surface area contributed by atoms with Crippen LogP contribution in [0.1, 0.15) is 12.0 Å². The molecule has 2 aromatic heterocycles. The van der Waals surface area contributed by atoms with Crippen LogP contribution in [-0.2, 0) is 4.79 Å². The molecule has 1 saturated heterocycles. The lowest BCUT2D eigenvalue weighted by Crippen LogP contribution is -2.28. The number of rotatable bonds is 7. The van der Waals surface area contributed by atoms with E-state index in [1.807, 2.05) is 31.1 Å². The zero-order valence-electron chi connectivity index (χ0n) is 16.6. The number of piperidine rings is 1. The lowest BCUT2D eigenvalue weighted by molar-refractivity contribution is -0.116. The van der Waals surface area contributed by atoms with E-state index in [4.69, 9.17) is 0 Å². The molecule has 4 rings (SSSR count). The number of nitrogens with zero attached hydrogens (tertiary/aromatic N) is 5. The second-order valence-electron chi connectivity index (χ2n) is 7.83. The molecule has 1 amide bonds. The van der Waals surface area contributed by atoms with E-state index in [2.05, 4.69) is 20.3 Å². The van der Waals surface area contributed by atoms with Gasteiger partial charge in [-0.25, -0.2) is 9.37 Å². The highest BCUT2D eigenvalue weighted by Gasteiger charge is 2.55. The van der Waals surface area contributed by atoms with Crippen molar-refractivity contribution in [1.29, 1.82) is 0 Å². The molecule has 2 fully saturated rings. The van der Waals surface area contributed by atoms with Gasteiger partial charge in [0.2, 0.25) is 11.9 Å². The number of carbonyl (C=O) groups is 1. The molecule has 0 spiro atoms. The maximum Gasteiger partial charge on any atom is 0.244 e. The van der Waals surface area contributed by atoms with Gasteiger partial charge in [-0.15, -0.1) is 0 Å². The van der Waals surface area contributed by atoms with Crippen LogP contribution in [0, 0.1) is 23.6 Å². The Labute approximate surface area is 169 Å². The normalized spacial score (nSPS) is 22.6. The summed E-state index contributed by atoms with van der Waals surface area (Å²) < 4.78 is 14.2. The minimum absolute atomic E-state index is 0.0967. The topological polar surface area (TPSA) is 74.2 Å². The molecule has 1 aliphatic heterocycles. The van der Waals surface area contributed by atoms with E-state index in [9.17, 15) is 9.18 Å². The van der Waals surface area contributed by atoms with Crippen molar-refractivity contribution < 1.29 is 9.18 Å². The minimum atomic E-state index is -0.374. The van der Waals surface area contributed by atoms with E-state index in [1.165, 1.54) is 12.3 Å². The maximum atomic E-state index is 14.2. The summed E-state index contributed by atoms with van der Waals surface area (Å²) in [5.74, 6) is 2.13. The van der Waals surface area contributed by atoms with E-state index in [1.54, 1.807) is 23.4 Å². The standard InChI is InChI=1S/C21H25FN6O/c1-27(2)21-25-11-18(22)20(26-21)28-12-16-15(17(16)13-28)7-9-24-19(29)6-5-14-4-3-8-23-10-14/h3-6,8,10-11,15-17H,7,9,12-13H2,1-2H3,(H,24,29)/b6-5+/t15?,16-,17+. The number of fused-ring (bicyclic) bond motifs is 1. The van der Waals surface area contributed by atoms with Gasteiger partial charge in [-0.1, -0.05) is 6.07 Å². The third kappa shape index (κ3) is 4.36. The number of amides is 1. The zero-order valence-corrected chi connectivity index (χ0v) is 16.6. The molecule has 2 aliphatic rings. The third-order valence-electron chi connectivity index (χ3n) is 5.67. The largest absolute Gasteiger partial charge is 0.353 e. The number of hydrogen-bond donors (Lipinski definition) is 1. The Balaban J connectivity index is 1.22. The Kier molecular flexibility index (Phi) is 5.42. The average molecular weight is 396 g/mol. The van der Waals surface area contributed by atoms with Crippen LogP contribution in [0.25, 0.3) is 6.08 Å². The fourth-order valence-electron chi connectivity index (χ4n) is 4.10. The summed E-state index contributed by atoms with van der Waals surface area (Å²) in [6.45, 7) is 2.27. The van der Waals surface area contributed by atoms with Crippen molar-refractivity contribution in [3.63, 3.8) is 0 Å². The summed E-state index contributed by atoms with van der Waals surface area (Å²) in [7, 11) is 3.68. The lowest BCUT2D eigenvalue weighted by Gasteiger charge is -2.22. The number of hydrogen-bond acceptors (Lipinski definition) is 6. The van der Waals surface area contributed by atoms with Crippen molar-refractivity contribution in [2.45, 2.75) is 6.42 Å². The first-order valence-corrected chi connectivity index (χ1v) is 9.83. The molecule has 8 heteroatoms. The van der Waals surface area contributed by atoms with Crippen molar-refractivity contribution >= 4 is 23.7 Å². The van der Waals surface area contributed by atoms with E-state index < -0.39 is 0 Å². The Morgan fingerprint density at radius 3 is 2.83 bits per heavy atom. The molecule has 7 nitrogen and oxygen atoms in total. The molecule has 1 aliphatic carbocycles. The minimum Gasteiger partial charge on any atom is -0.353 e. The molecule has 2 aromatic rings. The molecule has 29 heavy (non-hydrogen) atoms. The van der Waals surface area contributed by atoms with Crippen LogP contribution in [-0.4, -0.2) is 54.6 Å². The molecule has 0 aromatic carbocycles. The van der Waals surface area contributed by atoms with E-state index in [0.717, 1.165) is 25.1 Å². The molecule has 3 atom stereocenters. The van der Waals surface area contributed by atoms with E-state index in [-0.39, 0.29) is 11.7 Å². The van der Waals surface area contributed by atoms with Gasteiger partial charge in [0.15, 0.2) is 11.6 Å². The summed E-state index contributed by atoms with van der Waals surface area (Å²) >= 11 is 0. The van der Waals surface area contributed by atoms with Crippen molar-refractivity contribution in [3.05, 3.63) is 48.2 Å². The molecular weight excluding hydrogens is 371 g/mol. The molecule has 1 saturated carbocycles. The Bertz CT molecular complexity index is 891. The third-order valence-corrected chi connectivity index (χ3v) is 5.67. The van der Waals surface area contributed by atoms with E-state index >= 15 is 0 Å². The van der Waals surface area contributed by atoms with Crippen LogP contribution < -0.4 is 15.1 Å². The van der Waals surface area contributed by atoms with Crippen LogP contribution in [0.3, 0.4) is 0 Å². The predicted molar refractivity (Wildman–Crippen MR) is 110 cm³/mol. The van der Waals surface area contributed by atoms with Crippen molar-refractivity contribution in [2.24, 2.45) is 17.8 Å². The number of halogens is 1. The molecule has 3 heterocycles.